The Morgan fingerprint density at radius 1 is 1.29 bits per heavy atom. The fourth-order valence-electron chi connectivity index (χ4n) is 2.45. The summed E-state index contributed by atoms with van der Waals surface area (Å²) in [5.41, 5.74) is 5.72. The van der Waals surface area contributed by atoms with E-state index in [2.05, 4.69) is 5.32 Å². The fourth-order valence-corrected chi connectivity index (χ4v) is 2.45. The van der Waals surface area contributed by atoms with Gasteiger partial charge < -0.3 is 21.1 Å². The maximum Gasteiger partial charge on any atom is 0.330 e. The van der Waals surface area contributed by atoms with E-state index in [-0.39, 0.29) is 0 Å². The van der Waals surface area contributed by atoms with Crippen LogP contribution in [0, 0.1) is 0 Å². The lowest BCUT2D eigenvalue weighted by molar-refractivity contribution is -0.139. The Morgan fingerprint density at radius 2 is 1.95 bits per heavy atom. The number of aliphatic carboxylic acids is 1. The molecular formula is C14H17N3O4. The van der Waals surface area contributed by atoms with E-state index in [4.69, 9.17) is 5.73 Å². The number of carboxylic acids is 1. The number of amides is 3. The van der Waals surface area contributed by atoms with Gasteiger partial charge in [0.15, 0.2) is 6.04 Å². The Labute approximate surface area is 121 Å². The van der Waals surface area contributed by atoms with Crippen LogP contribution >= 0.6 is 0 Å². The summed E-state index contributed by atoms with van der Waals surface area (Å²) >= 11 is 0. The van der Waals surface area contributed by atoms with E-state index in [9.17, 15) is 19.5 Å². The SMILES string of the molecule is NC(=O)C1CCCN1C(=O)NC(C(=O)O)c1ccccc1. The molecule has 0 radical (unpaired) electrons. The molecule has 1 aliphatic rings. The van der Waals surface area contributed by atoms with Gasteiger partial charge >= 0.3 is 12.0 Å². The summed E-state index contributed by atoms with van der Waals surface area (Å²) in [7, 11) is 0. The van der Waals surface area contributed by atoms with Gasteiger partial charge in [0.1, 0.15) is 6.04 Å². The zero-order valence-electron chi connectivity index (χ0n) is 11.4. The number of primary amides is 1. The minimum atomic E-state index is -1.16. The standard InChI is InChI=1S/C14H17N3O4/c15-12(18)10-7-4-8-17(10)14(21)16-11(13(19)20)9-5-2-1-3-6-9/h1-3,5-6,10-11H,4,7-8H2,(H2,15,18)(H,16,21)(H,19,20). The number of hydrogen-bond donors (Lipinski definition) is 3. The highest BCUT2D eigenvalue weighted by molar-refractivity contribution is 5.88. The fraction of sp³-hybridized carbons (Fsp3) is 0.357. The van der Waals surface area contributed by atoms with Gasteiger partial charge in [-0.15, -0.1) is 0 Å². The third-order valence-corrected chi connectivity index (χ3v) is 3.49. The molecule has 1 heterocycles. The molecule has 7 heteroatoms. The van der Waals surface area contributed by atoms with Crippen molar-refractivity contribution in [3.63, 3.8) is 0 Å². The minimum Gasteiger partial charge on any atom is -0.479 e. The second kappa shape index (κ2) is 6.25. The monoisotopic (exact) mass is 291 g/mol. The second-order valence-corrected chi connectivity index (χ2v) is 4.89. The van der Waals surface area contributed by atoms with Gasteiger partial charge in [-0.05, 0) is 18.4 Å². The molecule has 0 bridgehead atoms. The number of carbonyl (C=O) groups is 3. The Kier molecular flexibility index (Phi) is 4.42. The van der Waals surface area contributed by atoms with Gasteiger partial charge in [-0.1, -0.05) is 30.3 Å². The van der Waals surface area contributed by atoms with Crippen molar-refractivity contribution in [3.8, 4) is 0 Å². The highest BCUT2D eigenvalue weighted by atomic mass is 16.4. The van der Waals surface area contributed by atoms with Crippen molar-refractivity contribution in [1.82, 2.24) is 10.2 Å². The van der Waals surface area contributed by atoms with Crippen molar-refractivity contribution < 1.29 is 19.5 Å². The van der Waals surface area contributed by atoms with Crippen molar-refractivity contribution in [1.29, 1.82) is 0 Å². The average Bonchev–Trinajstić information content (AvgIpc) is 2.94. The number of hydrogen-bond acceptors (Lipinski definition) is 3. The smallest absolute Gasteiger partial charge is 0.330 e. The molecule has 2 unspecified atom stereocenters. The van der Waals surface area contributed by atoms with E-state index in [0.717, 1.165) is 0 Å². The molecule has 3 amide bonds. The lowest BCUT2D eigenvalue weighted by atomic mass is 10.1. The van der Waals surface area contributed by atoms with Gasteiger partial charge in [0.25, 0.3) is 0 Å². The summed E-state index contributed by atoms with van der Waals surface area (Å²) in [5.74, 6) is -1.74. The molecule has 2 rings (SSSR count). The predicted octanol–water partition coefficient (Wildman–Crippen LogP) is 0.472. The second-order valence-electron chi connectivity index (χ2n) is 4.89. The lowest BCUT2D eigenvalue weighted by Crippen LogP contribution is -2.49. The molecule has 0 aliphatic carbocycles. The molecule has 1 saturated heterocycles. The molecule has 1 aromatic carbocycles. The van der Waals surface area contributed by atoms with E-state index < -0.39 is 30.0 Å². The zero-order valence-corrected chi connectivity index (χ0v) is 11.4. The number of rotatable bonds is 4. The summed E-state index contributed by atoms with van der Waals surface area (Å²) < 4.78 is 0. The average molecular weight is 291 g/mol. The summed E-state index contributed by atoms with van der Waals surface area (Å²) in [6.45, 7) is 0.389. The number of likely N-dealkylation sites (tertiary alicyclic amines) is 1. The molecule has 0 aromatic heterocycles. The third-order valence-electron chi connectivity index (χ3n) is 3.49. The van der Waals surface area contributed by atoms with Crippen LogP contribution in [0.1, 0.15) is 24.4 Å². The van der Waals surface area contributed by atoms with Crippen LogP contribution in [0.3, 0.4) is 0 Å². The quantitative estimate of drug-likeness (QED) is 0.748. The number of nitrogens with zero attached hydrogens (tertiary/aromatic N) is 1. The number of nitrogens with one attached hydrogen (secondary N) is 1. The van der Waals surface area contributed by atoms with Crippen molar-refractivity contribution in [3.05, 3.63) is 35.9 Å². The van der Waals surface area contributed by atoms with E-state index >= 15 is 0 Å². The van der Waals surface area contributed by atoms with Crippen LogP contribution in [0.25, 0.3) is 0 Å². The number of urea groups is 1. The van der Waals surface area contributed by atoms with E-state index in [1.165, 1.54) is 4.90 Å². The molecule has 4 N–H and O–H groups in total. The number of benzene rings is 1. The molecule has 7 nitrogen and oxygen atoms in total. The summed E-state index contributed by atoms with van der Waals surface area (Å²) in [6.07, 6.45) is 1.18. The van der Waals surface area contributed by atoms with Crippen molar-refractivity contribution in [2.75, 3.05) is 6.54 Å². The Bertz CT molecular complexity index is 546. The third kappa shape index (κ3) is 3.31. The first-order chi connectivity index (χ1) is 10.0. The number of carbonyl (C=O) groups excluding carboxylic acids is 2. The van der Waals surface area contributed by atoms with E-state index in [0.29, 0.717) is 24.9 Å². The Morgan fingerprint density at radius 3 is 2.52 bits per heavy atom. The van der Waals surface area contributed by atoms with Crippen LogP contribution in [-0.2, 0) is 9.59 Å². The zero-order chi connectivity index (χ0) is 15.4. The first-order valence-corrected chi connectivity index (χ1v) is 6.65. The Balaban J connectivity index is 2.12. The minimum absolute atomic E-state index is 0.389. The largest absolute Gasteiger partial charge is 0.479 e. The van der Waals surface area contributed by atoms with Gasteiger partial charge in [-0.2, -0.15) is 0 Å². The van der Waals surface area contributed by atoms with E-state index in [1.54, 1.807) is 30.3 Å². The highest BCUT2D eigenvalue weighted by Gasteiger charge is 2.34. The van der Waals surface area contributed by atoms with Crippen molar-refractivity contribution in [2.45, 2.75) is 24.9 Å². The molecule has 1 aliphatic heterocycles. The molecule has 0 spiro atoms. The maximum absolute atomic E-state index is 12.2. The number of nitrogens with two attached hydrogens (primary N) is 1. The first-order valence-electron chi connectivity index (χ1n) is 6.65. The summed E-state index contributed by atoms with van der Waals surface area (Å²) in [4.78, 5) is 36.1. The van der Waals surface area contributed by atoms with Crippen LogP contribution < -0.4 is 11.1 Å². The molecule has 1 aromatic rings. The highest BCUT2D eigenvalue weighted by Crippen LogP contribution is 2.19. The van der Waals surface area contributed by atoms with Crippen LogP contribution in [0.2, 0.25) is 0 Å². The molecular weight excluding hydrogens is 274 g/mol. The van der Waals surface area contributed by atoms with Gasteiger partial charge in [0.2, 0.25) is 5.91 Å². The Hall–Kier alpha value is -2.57. The first kappa shape index (κ1) is 14.8. The van der Waals surface area contributed by atoms with Crippen LogP contribution in [0.4, 0.5) is 4.79 Å². The molecule has 0 saturated carbocycles. The van der Waals surface area contributed by atoms with Gasteiger partial charge in [0, 0.05) is 6.54 Å². The van der Waals surface area contributed by atoms with Gasteiger partial charge in [-0.25, -0.2) is 9.59 Å². The van der Waals surface area contributed by atoms with E-state index in [1.807, 2.05) is 0 Å². The van der Waals surface area contributed by atoms with Crippen molar-refractivity contribution >= 4 is 17.9 Å². The summed E-state index contributed by atoms with van der Waals surface area (Å²) in [6, 6.07) is 5.96. The topological polar surface area (TPSA) is 113 Å². The van der Waals surface area contributed by atoms with Crippen LogP contribution in [0.5, 0.6) is 0 Å². The lowest BCUT2D eigenvalue weighted by Gasteiger charge is -2.25. The molecule has 1 fully saturated rings. The number of carboxylic acid groups (broad SMARTS) is 1. The van der Waals surface area contributed by atoms with Crippen LogP contribution in [0.15, 0.2) is 30.3 Å². The summed E-state index contributed by atoms with van der Waals surface area (Å²) in [5, 5.41) is 11.7. The van der Waals surface area contributed by atoms with Crippen LogP contribution in [-0.4, -0.2) is 40.5 Å². The molecule has 112 valence electrons. The van der Waals surface area contributed by atoms with Gasteiger partial charge in [0.05, 0.1) is 0 Å². The molecule has 2 atom stereocenters. The van der Waals surface area contributed by atoms with Gasteiger partial charge in [-0.3, -0.25) is 4.79 Å². The predicted molar refractivity (Wildman–Crippen MR) is 74.3 cm³/mol. The normalized spacial score (nSPS) is 19.0. The molecule has 21 heavy (non-hydrogen) atoms. The van der Waals surface area contributed by atoms with Crippen molar-refractivity contribution in [2.24, 2.45) is 5.73 Å². The maximum atomic E-state index is 12.2.